The third-order valence-corrected chi connectivity index (χ3v) is 1.78. The van der Waals surface area contributed by atoms with Crippen LogP contribution in [0.1, 0.15) is 6.42 Å². The predicted molar refractivity (Wildman–Crippen MR) is 48.6 cm³/mol. The Morgan fingerprint density at radius 2 is 1.80 bits per heavy atom. The van der Waals surface area contributed by atoms with E-state index in [9.17, 15) is 13.2 Å². The van der Waals surface area contributed by atoms with E-state index in [1.165, 1.54) is 0 Å². The Morgan fingerprint density at radius 3 is 2.33 bits per heavy atom. The van der Waals surface area contributed by atoms with Crippen LogP contribution in [0.2, 0.25) is 0 Å². The lowest BCUT2D eigenvalue weighted by atomic mass is 10.2. The second kappa shape index (κ2) is 5.02. The first-order valence-corrected chi connectivity index (χ1v) is 4.43. The molecule has 0 heterocycles. The van der Waals surface area contributed by atoms with Crippen LogP contribution in [-0.2, 0) is 0 Å². The van der Waals surface area contributed by atoms with Gasteiger partial charge in [0.15, 0.2) is 6.10 Å². The number of ether oxygens (including phenoxy) is 1. The summed E-state index contributed by atoms with van der Waals surface area (Å²) in [6.45, 7) is -0.162. The second-order valence-electron chi connectivity index (χ2n) is 3.01. The lowest BCUT2D eigenvalue weighted by Gasteiger charge is -2.14. The van der Waals surface area contributed by atoms with E-state index in [4.69, 9.17) is 9.84 Å². The third-order valence-electron chi connectivity index (χ3n) is 1.78. The summed E-state index contributed by atoms with van der Waals surface area (Å²) in [7, 11) is 0. The molecule has 1 aromatic rings. The Bertz CT molecular complexity index is 284. The standard InChI is InChI=1S/C10H11F3O2/c11-10(12,13)9(14)6-7-15-8-4-2-1-3-5-8/h1-5,9,14H,6-7H2. The van der Waals surface area contributed by atoms with Gasteiger partial charge in [-0.05, 0) is 12.1 Å². The van der Waals surface area contributed by atoms with Gasteiger partial charge in [-0.2, -0.15) is 13.2 Å². The Balaban J connectivity index is 2.28. The number of aliphatic hydroxyl groups is 1. The molecule has 0 saturated carbocycles. The Kier molecular flexibility index (Phi) is 3.96. The van der Waals surface area contributed by atoms with Crippen LogP contribution in [0, 0.1) is 0 Å². The number of alkyl halides is 3. The van der Waals surface area contributed by atoms with Crippen LogP contribution < -0.4 is 4.74 Å². The van der Waals surface area contributed by atoms with Gasteiger partial charge in [0.2, 0.25) is 0 Å². The Morgan fingerprint density at radius 1 is 1.20 bits per heavy atom. The number of benzene rings is 1. The van der Waals surface area contributed by atoms with E-state index in [0.29, 0.717) is 5.75 Å². The van der Waals surface area contributed by atoms with Crippen molar-refractivity contribution in [3.8, 4) is 5.75 Å². The fraction of sp³-hybridized carbons (Fsp3) is 0.400. The van der Waals surface area contributed by atoms with Crippen LogP contribution in [0.25, 0.3) is 0 Å². The highest BCUT2D eigenvalue weighted by Crippen LogP contribution is 2.22. The number of aliphatic hydroxyl groups excluding tert-OH is 1. The molecule has 1 unspecified atom stereocenters. The molecule has 5 heteroatoms. The van der Waals surface area contributed by atoms with Crippen molar-refractivity contribution < 1.29 is 23.0 Å². The van der Waals surface area contributed by atoms with Gasteiger partial charge in [-0.15, -0.1) is 0 Å². The topological polar surface area (TPSA) is 29.5 Å². The van der Waals surface area contributed by atoms with E-state index in [2.05, 4.69) is 0 Å². The average molecular weight is 220 g/mol. The van der Waals surface area contributed by atoms with Crippen molar-refractivity contribution >= 4 is 0 Å². The van der Waals surface area contributed by atoms with Gasteiger partial charge in [0, 0.05) is 6.42 Å². The van der Waals surface area contributed by atoms with E-state index in [1.807, 2.05) is 0 Å². The molecule has 0 amide bonds. The molecule has 0 saturated heterocycles. The summed E-state index contributed by atoms with van der Waals surface area (Å²) in [5.74, 6) is 0.492. The third kappa shape index (κ3) is 4.20. The molecule has 0 spiro atoms. The molecule has 0 aliphatic heterocycles. The monoisotopic (exact) mass is 220 g/mol. The quantitative estimate of drug-likeness (QED) is 0.844. The van der Waals surface area contributed by atoms with Gasteiger partial charge in [-0.3, -0.25) is 0 Å². The normalized spacial score (nSPS) is 13.6. The van der Waals surface area contributed by atoms with Crippen molar-refractivity contribution in [1.29, 1.82) is 0 Å². The van der Waals surface area contributed by atoms with Crippen molar-refractivity contribution in [3.05, 3.63) is 30.3 Å². The van der Waals surface area contributed by atoms with Crippen LogP contribution >= 0.6 is 0 Å². The molecule has 1 aromatic carbocycles. The van der Waals surface area contributed by atoms with Gasteiger partial charge in [0.25, 0.3) is 0 Å². The first-order valence-electron chi connectivity index (χ1n) is 4.43. The Labute approximate surface area is 85.3 Å². The van der Waals surface area contributed by atoms with Crippen molar-refractivity contribution in [2.24, 2.45) is 0 Å². The van der Waals surface area contributed by atoms with E-state index >= 15 is 0 Å². The number of para-hydroxylation sites is 1. The first kappa shape index (κ1) is 11.8. The van der Waals surface area contributed by atoms with Gasteiger partial charge >= 0.3 is 6.18 Å². The molecule has 2 nitrogen and oxygen atoms in total. The highest BCUT2D eigenvalue weighted by atomic mass is 19.4. The summed E-state index contributed by atoms with van der Waals surface area (Å²) in [4.78, 5) is 0. The molecule has 84 valence electrons. The highest BCUT2D eigenvalue weighted by molar-refractivity contribution is 5.20. The van der Waals surface area contributed by atoms with Crippen molar-refractivity contribution in [3.63, 3.8) is 0 Å². The molecule has 15 heavy (non-hydrogen) atoms. The molecular weight excluding hydrogens is 209 g/mol. The summed E-state index contributed by atoms with van der Waals surface area (Å²) in [5.41, 5.74) is 0. The molecule has 0 radical (unpaired) electrons. The van der Waals surface area contributed by atoms with Crippen LogP contribution in [0.15, 0.2) is 30.3 Å². The van der Waals surface area contributed by atoms with Crippen LogP contribution in [-0.4, -0.2) is 24.0 Å². The predicted octanol–water partition coefficient (Wildman–Crippen LogP) is 2.38. The molecule has 1 N–H and O–H groups in total. The van der Waals surface area contributed by atoms with Gasteiger partial charge in [-0.25, -0.2) is 0 Å². The van der Waals surface area contributed by atoms with E-state index in [-0.39, 0.29) is 6.61 Å². The van der Waals surface area contributed by atoms with Crippen molar-refractivity contribution in [1.82, 2.24) is 0 Å². The largest absolute Gasteiger partial charge is 0.493 e. The van der Waals surface area contributed by atoms with Crippen LogP contribution in [0.4, 0.5) is 13.2 Å². The zero-order valence-corrected chi connectivity index (χ0v) is 7.87. The summed E-state index contributed by atoms with van der Waals surface area (Å²) < 4.78 is 40.6. The zero-order valence-electron chi connectivity index (χ0n) is 7.87. The van der Waals surface area contributed by atoms with Gasteiger partial charge in [0.05, 0.1) is 6.61 Å². The number of hydrogen-bond acceptors (Lipinski definition) is 2. The van der Waals surface area contributed by atoms with Crippen LogP contribution in [0.5, 0.6) is 5.75 Å². The average Bonchev–Trinajstić information content (AvgIpc) is 2.18. The maximum absolute atomic E-state index is 11.9. The summed E-state index contributed by atoms with van der Waals surface area (Å²) in [5, 5.41) is 8.66. The van der Waals surface area contributed by atoms with E-state index in [1.54, 1.807) is 30.3 Å². The highest BCUT2D eigenvalue weighted by Gasteiger charge is 2.37. The fourth-order valence-corrected chi connectivity index (χ4v) is 0.969. The van der Waals surface area contributed by atoms with Gasteiger partial charge in [-0.1, -0.05) is 18.2 Å². The molecule has 1 atom stereocenters. The smallest absolute Gasteiger partial charge is 0.414 e. The SMILES string of the molecule is OC(CCOc1ccccc1)C(F)(F)F. The molecule has 0 aliphatic carbocycles. The van der Waals surface area contributed by atoms with Crippen molar-refractivity contribution in [2.45, 2.75) is 18.7 Å². The Hall–Kier alpha value is -1.23. The second-order valence-corrected chi connectivity index (χ2v) is 3.01. The lowest BCUT2D eigenvalue weighted by Crippen LogP contribution is -2.30. The summed E-state index contributed by atoms with van der Waals surface area (Å²) in [6.07, 6.45) is -7.35. The van der Waals surface area contributed by atoms with Crippen LogP contribution in [0.3, 0.4) is 0 Å². The first-order chi connectivity index (χ1) is 7.00. The fourth-order valence-electron chi connectivity index (χ4n) is 0.969. The van der Waals surface area contributed by atoms with Crippen molar-refractivity contribution in [2.75, 3.05) is 6.61 Å². The number of hydrogen-bond donors (Lipinski definition) is 1. The van der Waals surface area contributed by atoms with Gasteiger partial charge < -0.3 is 9.84 Å². The minimum atomic E-state index is -4.57. The molecule has 0 bridgehead atoms. The maximum atomic E-state index is 11.9. The van der Waals surface area contributed by atoms with E-state index < -0.39 is 18.7 Å². The van der Waals surface area contributed by atoms with Gasteiger partial charge in [0.1, 0.15) is 5.75 Å². The molecule has 1 rings (SSSR count). The minimum Gasteiger partial charge on any atom is -0.493 e. The summed E-state index contributed by atoms with van der Waals surface area (Å²) >= 11 is 0. The summed E-state index contributed by atoms with van der Waals surface area (Å²) in [6, 6.07) is 8.49. The number of rotatable bonds is 4. The molecule has 0 aromatic heterocycles. The molecular formula is C10H11F3O2. The minimum absolute atomic E-state index is 0.162. The molecule has 0 aliphatic rings. The lowest BCUT2D eigenvalue weighted by molar-refractivity contribution is -0.206. The zero-order chi connectivity index (χ0) is 11.3. The number of halogens is 3. The maximum Gasteiger partial charge on any atom is 0.414 e. The molecule has 0 fully saturated rings. The van der Waals surface area contributed by atoms with E-state index in [0.717, 1.165) is 0 Å².